The van der Waals surface area contributed by atoms with Crippen molar-refractivity contribution in [2.45, 2.75) is 104 Å². The van der Waals surface area contributed by atoms with Gasteiger partial charge in [-0.25, -0.2) is 0 Å². The standard InChI is InChI=1S/C16H31O.C3H8.Y/c1-5-8-10-12-13-15(4)17-16(7-3)14-11-9-6-2;1-3-2;/h16H,1,4-14H2,2-3H3;3H2,1-2H3;/q-1;;. The average molecular weight is 372 g/mol. The van der Waals surface area contributed by atoms with Crippen molar-refractivity contribution in [1.82, 2.24) is 0 Å². The molecule has 2 heteroatoms. The second-order valence-electron chi connectivity index (χ2n) is 5.55. The number of rotatable bonds is 12. The molecule has 0 saturated heterocycles. The Balaban J connectivity index is -0.000000740. The first-order valence-electron chi connectivity index (χ1n) is 8.79. The van der Waals surface area contributed by atoms with E-state index in [1.54, 1.807) is 0 Å². The molecule has 0 saturated carbocycles. The normalized spacial score (nSPS) is 10.9. The van der Waals surface area contributed by atoms with Crippen LogP contribution >= 0.6 is 0 Å². The topological polar surface area (TPSA) is 9.23 Å². The fourth-order valence-corrected chi connectivity index (χ4v) is 1.94. The first-order valence-corrected chi connectivity index (χ1v) is 8.79. The van der Waals surface area contributed by atoms with Crippen LogP contribution in [0.25, 0.3) is 0 Å². The number of hydrogen-bond acceptors (Lipinski definition) is 1. The molecule has 0 aliphatic carbocycles. The smallest absolute Gasteiger partial charge is 0.0979 e. The van der Waals surface area contributed by atoms with Crippen molar-refractivity contribution in [3.63, 3.8) is 0 Å². The Kier molecular flexibility index (Phi) is 29.0. The number of unbranched alkanes of at least 4 members (excludes halogenated alkanes) is 5. The van der Waals surface area contributed by atoms with E-state index in [2.05, 4.69) is 41.2 Å². The Bertz CT molecular complexity index is 192. The molecule has 0 N–H and O–H groups in total. The molecule has 0 aromatic heterocycles. The van der Waals surface area contributed by atoms with E-state index in [0.29, 0.717) is 6.10 Å². The van der Waals surface area contributed by atoms with Crippen LogP contribution in [-0.2, 0) is 37.4 Å². The largest absolute Gasteiger partial charge is 0.495 e. The maximum atomic E-state index is 5.92. The molecule has 0 aliphatic heterocycles. The van der Waals surface area contributed by atoms with E-state index in [4.69, 9.17) is 4.74 Å². The zero-order valence-electron chi connectivity index (χ0n) is 15.3. The van der Waals surface area contributed by atoms with Crippen molar-refractivity contribution < 1.29 is 37.4 Å². The fraction of sp³-hybridized carbons (Fsp3) is 0.842. The molecule has 0 aromatic rings. The van der Waals surface area contributed by atoms with E-state index < -0.39 is 0 Å². The zero-order valence-corrected chi connectivity index (χ0v) is 18.1. The van der Waals surface area contributed by atoms with Crippen LogP contribution in [0.3, 0.4) is 0 Å². The molecule has 0 bridgehead atoms. The second kappa shape index (κ2) is 22.9. The number of ether oxygens (including phenoxy) is 1. The second-order valence-corrected chi connectivity index (χ2v) is 5.55. The minimum absolute atomic E-state index is 0. The van der Waals surface area contributed by atoms with Crippen molar-refractivity contribution in [2.24, 2.45) is 0 Å². The SMILES string of the molecule is C=C(CCCCC[CH2-])OC(CC)CCCCC.CCC.[Y]. The van der Waals surface area contributed by atoms with Gasteiger partial charge in [-0.15, -0.1) is 0 Å². The van der Waals surface area contributed by atoms with Gasteiger partial charge in [-0.2, -0.15) is 6.42 Å². The summed E-state index contributed by atoms with van der Waals surface area (Å²) in [5, 5.41) is 0. The van der Waals surface area contributed by atoms with Crippen LogP contribution in [0, 0.1) is 6.92 Å². The van der Waals surface area contributed by atoms with Crippen LogP contribution < -0.4 is 0 Å². The third kappa shape index (κ3) is 23.1. The molecule has 0 fully saturated rings. The molecule has 125 valence electrons. The monoisotopic (exact) mass is 372 g/mol. The summed E-state index contributed by atoms with van der Waals surface area (Å²) < 4.78 is 5.92. The maximum Gasteiger partial charge on any atom is 0.0979 e. The first kappa shape index (κ1) is 26.5. The molecule has 0 amide bonds. The van der Waals surface area contributed by atoms with Crippen molar-refractivity contribution in [1.29, 1.82) is 0 Å². The average Bonchev–Trinajstić information content (AvgIpc) is 2.43. The molecule has 0 heterocycles. The van der Waals surface area contributed by atoms with Gasteiger partial charge in [0.2, 0.25) is 0 Å². The molecule has 0 aromatic carbocycles. The van der Waals surface area contributed by atoms with Crippen LogP contribution in [0.2, 0.25) is 0 Å². The molecule has 1 unspecified atom stereocenters. The minimum atomic E-state index is 0. The Morgan fingerprint density at radius 3 is 2.10 bits per heavy atom. The van der Waals surface area contributed by atoms with Gasteiger partial charge in [0.1, 0.15) is 0 Å². The predicted molar refractivity (Wildman–Crippen MR) is 92.9 cm³/mol. The van der Waals surface area contributed by atoms with E-state index in [9.17, 15) is 0 Å². The van der Waals surface area contributed by atoms with E-state index in [0.717, 1.165) is 25.0 Å². The molecular weight excluding hydrogens is 333 g/mol. The molecular formula is C19H39OY-. The summed E-state index contributed by atoms with van der Waals surface area (Å²) in [6.07, 6.45) is 13.5. The summed E-state index contributed by atoms with van der Waals surface area (Å²) in [5.41, 5.74) is 0. The summed E-state index contributed by atoms with van der Waals surface area (Å²) in [7, 11) is 0. The maximum absolute atomic E-state index is 5.92. The minimum Gasteiger partial charge on any atom is -0.495 e. The van der Waals surface area contributed by atoms with E-state index >= 15 is 0 Å². The quantitative estimate of drug-likeness (QED) is 0.202. The summed E-state index contributed by atoms with van der Waals surface area (Å²) in [5.74, 6) is 0.984. The Morgan fingerprint density at radius 2 is 1.62 bits per heavy atom. The Hall–Kier alpha value is 0.644. The molecule has 0 spiro atoms. The van der Waals surface area contributed by atoms with Crippen LogP contribution in [0.15, 0.2) is 12.3 Å². The molecule has 0 rings (SSSR count). The van der Waals surface area contributed by atoms with E-state index in [1.165, 1.54) is 51.4 Å². The van der Waals surface area contributed by atoms with Gasteiger partial charge in [0.15, 0.2) is 0 Å². The number of allylic oxidation sites excluding steroid dienone is 1. The van der Waals surface area contributed by atoms with Gasteiger partial charge in [0.05, 0.1) is 11.9 Å². The van der Waals surface area contributed by atoms with Crippen LogP contribution in [0.5, 0.6) is 0 Å². The molecule has 0 aliphatic rings. The van der Waals surface area contributed by atoms with Crippen molar-refractivity contribution >= 4 is 0 Å². The molecule has 1 atom stereocenters. The summed E-state index contributed by atoms with van der Waals surface area (Å²) in [6.45, 7) is 16.6. The van der Waals surface area contributed by atoms with Gasteiger partial charge in [0, 0.05) is 39.1 Å². The molecule has 21 heavy (non-hydrogen) atoms. The molecule has 1 radical (unpaired) electrons. The third-order valence-corrected chi connectivity index (χ3v) is 3.12. The van der Waals surface area contributed by atoms with Crippen molar-refractivity contribution in [2.75, 3.05) is 0 Å². The number of hydrogen-bond donors (Lipinski definition) is 0. The summed E-state index contributed by atoms with van der Waals surface area (Å²) in [4.78, 5) is 0. The Labute approximate surface area is 160 Å². The predicted octanol–water partition coefficient (Wildman–Crippen LogP) is 7.07. The van der Waals surface area contributed by atoms with Crippen molar-refractivity contribution in [3.05, 3.63) is 19.3 Å². The van der Waals surface area contributed by atoms with Gasteiger partial charge >= 0.3 is 0 Å². The van der Waals surface area contributed by atoms with E-state index in [1.807, 2.05) is 0 Å². The van der Waals surface area contributed by atoms with Crippen LogP contribution in [0.4, 0.5) is 0 Å². The summed E-state index contributed by atoms with van der Waals surface area (Å²) >= 11 is 0. The van der Waals surface area contributed by atoms with Crippen LogP contribution in [0.1, 0.15) is 98.3 Å². The van der Waals surface area contributed by atoms with Gasteiger partial charge in [-0.05, 0) is 25.7 Å². The molecule has 1 nitrogen and oxygen atoms in total. The zero-order chi connectivity index (χ0) is 15.6. The van der Waals surface area contributed by atoms with Gasteiger partial charge < -0.3 is 11.7 Å². The first-order chi connectivity index (χ1) is 9.65. The van der Waals surface area contributed by atoms with E-state index in [-0.39, 0.29) is 32.7 Å². The summed E-state index contributed by atoms with van der Waals surface area (Å²) in [6, 6.07) is 0. The van der Waals surface area contributed by atoms with Crippen LogP contribution in [-0.4, -0.2) is 6.10 Å². The van der Waals surface area contributed by atoms with Gasteiger partial charge in [0.25, 0.3) is 0 Å². The fourth-order valence-electron chi connectivity index (χ4n) is 1.94. The van der Waals surface area contributed by atoms with Gasteiger partial charge in [-0.3, -0.25) is 0 Å². The third-order valence-electron chi connectivity index (χ3n) is 3.12. The van der Waals surface area contributed by atoms with Crippen molar-refractivity contribution in [3.8, 4) is 0 Å². The van der Waals surface area contributed by atoms with Gasteiger partial charge in [-0.1, -0.05) is 66.4 Å². The Morgan fingerprint density at radius 1 is 1.00 bits per heavy atom.